The Morgan fingerprint density at radius 3 is 3.04 bits per heavy atom. The van der Waals surface area contributed by atoms with Crippen molar-refractivity contribution in [3.05, 3.63) is 48.4 Å². The minimum atomic E-state index is 0.199. The van der Waals surface area contributed by atoms with E-state index in [2.05, 4.69) is 11.1 Å². The van der Waals surface area contributed by atoms with Gasteiger partial charge in [0.15, 0.2) is 4.34 Å². The summed E-state index contributed by atoms with van der Waals surface area (Å²) in [4.78, 5) is 19.2. The van der Waals surface area contributed by atoms with Crippen LogP contribution in [0.2, 0.25) is 0 Å². The molecule has 1 fully saturated rings. The van der Waals surface area contributed by atoms with E-state index < -0.39 is 0 Å². The molecule has 3 aromatic rings. The van der Waals surface area contributed by atoms with E-state index in [4.69, 9.17) is 4.42 Å². The number of carbonyl (C=O) groups excluding carboxylic acids is 1. The number of hydrogen-bond acceptors (Lipinski definition) is 6. The number of hydrogen-bond donors (Lipinski definition) is 0. The van der Waals surface area contributed by atoms with Crippen molar-refractivity contribution in [2.45, 2.75) is 16.0 Å². The van der Waals surface area contributed by atoms with Gasteiger partial charge in [-0.1, -0.05) is 23.9 Å². The Bertz CT molecular complexity index is 814. The Labute approximate surface area is 159 Å². The number of fused-ring (bicyclic) bond motifs is 1. The number of thioether (sulfide) groups is 2. The number of aromatic nitrogens is 1. The van der Waals surface area contributed by atoms with Gasteiger partial charge in [0.05, 0.1) is 27.5 Å². The highest BCUT2D eigenvalue weighted by atomic mass is 32.2. The standard InChI is InChI=1S/C18H18N2O2S3/c21-17(12-24-18-19-13-4-1-2-6-15(13)25-18)20-8-7-16(23-11-9-20)14-5-3-10-22-14/h1-6,10,16H,7-9,11-12H2. The van der Waals surface area contributed by atoms with Crippen LogP contribution in [0.3, 0.4) is 0 Å². The van der Waals surface area contributed by atoms with Gasteiger partial charge in [-0.25, -0.2) is 4.98 Å². The molecular weight excluding hydrogens is 372 g/mol. The van der Waals surface area contributed by atoms with Crippen LogP contribution in [0, 0.1) is 0 Å². The van der Waals surface area contributed by atoms with E-state index >= 15 is 0 Å². The second-order valence-corrected chi connectivity index (χ2v) is 9.34. The SMILES string of the molecule is O=C(CSc1nc2ccccc2s1)N1CCSC(c2ccco2)CC1. The fraction of sp³-hybridized carbons (Fsp3) is 0.333. The molecule has 1 unspecified atom stereocenters. The molecular formula is C18H18N2O2S3. The summed E-state index contributed by atoms with van der Waals surface area (Å²) in [5, 5.41) is 0.352. The molecule has 0 radical (unpaired) electrons. The van der Waals surface area contributed by atoms with Crippen molar-refractivity contribution in [1.29, 1.82) is 0 Å². The fourth-order valence-electron chi connectivity index (χ4n) is 2.85. The molecule has 1 aromatic carbocycles. The number of furan rings is 1. The Kier molecular flexibility index (Phi) is 5.33. The van der Waals surface area contributed by atoms with Gasteiger partial charge in [-0.15, -0.1) is 23.1 Å². The lowest BCUT2D eigenvalue weighted by Gasteiger charge is -2.19. The molecule has 2 aromatic heterocycles. The van der Waals surface area contributed by atoms with Gasteiger partial charge in [-0.3, -0.25) is 4.79 Å². The lowest BCUT2D eigenvalue weighted by molar-refractivity contribution is -0.128. The normalized spacial score (nSPS) is 18.4. The van der Waals surface area contributed by atoms with Gasteiger partial charge >= 0.3 is 0 Å². The highest BCUT2D eigenvalue weighted by molar-refractivity contribution is 8.01. The maximum Gasteiger partial charge on any atom is 0.233 e. The first-order chi connectivity index (χ1) is 12.3. The predicted molar refractivity (Wildman–Crippen MR) is 105 cm³/mol. The van der Waals surface area contributed by atoms with Crippen molar-refractivity contribution in [1.82, 2.24) is 9.88 Å². The summed E-state index contributed by atoms with van der Waals surface area (Å²) >= 11 is 5.07. The summed E-state index contributed by atoms with van der Waals surface area (Å²) in [5.74, 6) is 2.62. The van der Waals surface area contributed by atoms with Crippen molar-refractivity contribution in [2.24, 2.45) is 0 Å². The molecule has 0 aliphatic carbocycles. The van der Waals surface area contributed by atoms with Crippen LogP contribution >= 0.6 is 34.9 Å². The van der Waals surface area contributed by atoms with E-state index in [1.807, 2.05) is 47.0 Å². The summed E-state index contributed by atoms with van der Waals surface area (Å²) in [5.41, 5.74) is 1.01. The van der Waals surface area contributed by atoms with Crippen LogP contribution in [0.25, 0.3) is 10.2 Å². The van der Waals surface area contributed by atoms with Gasteiger partial charge in [-0.05, 0) is 30.7 Å². The van der Waals surface area contributed by atoms with Crippen molar-refractivity contribution in [3.63, 3.8) is 0 Å². The third-order valence-corrected chi connectivity index (χ3v) is 7.60. The largest absolute Gasteiger partial charge is 0.468 e. The van der Waals surface area contributed by atoms with Crippen LogP contribution in [0.5, 0.6) is 0 Å². The van der Waals surface area contributed by atoms with Crippen LogP contribution in [-0.2, 0) is 4.79 Å². The summed E-state index contributed by atoms with van der Waals surface area (Å²) < 4.78 is 7.66. The fourth-order valence-corrected chi connectivity index (χ4v) is 6.00. The molecule has 0 spiro atoms. The average molecular weight is 391 g/mol. The van der Waals surface area contributed by atoms with E-state index in [1.54, 1.807) is 29.4 Å². The third kappa shape index (κ3) is 4.04. The summed E-state index contributed by atoms with van der Waals surface area (Å²) in [6.45, 7) is 1.60. The summed E-state index contributed by atoms with van der Waals surface area (Å²) in [6.07, 6.45) is 2.66. The van der Waals surface area contributed by atoms with Gasteiger partial charge < -0.3 is 9.32 Å². The maximum atomic E-state index is 12.6. The summed E-state index contributed by atoms with van der Waals surface area (Å²) in [7, 11) is 0. The number of carbonyl (C=O) groups is 1. The molecule has 0 N–H and O–H groups in total. The quantitative estimate of drug-likeness (QED) is 0.605. The molecule has 25 heavy (non-hydrogen) atoms. The molecule has 0 saturated carbocycles. The number of thiazole rings is 1. The highest BCUT2D eigenvalue weighted by Gasteiger charge is 2.23. The van der Waals surface area contributed by atoms with Crippen molar-refractivity contribution >= 4 is 51.0 Å². The van der Waals surface area contributed by atoms with Gasteiger partial charge in [0.2, 0.25) is 5.91 Å². The second kappa shape index (κ2) is 7.85. The first-order valence-corrected chi connectivity index (χ1v) is 11.1. The lowest BCUT2D eigenvalue weighted by atomic mass is 10.2. The molecule has 130 valence electrons. The molecule has 0 bridgehead atoms. The van der Waals surface area contributed by atoms with Crippen LogP contribution < -0.4 is 0 Å². The minimum absolute atomic E-state index is 0.199. The number of amides is 1. The monoisotopic (exact) mass is 390 g/mol. The van der Waals surface area contributed by atoms with Crippen LogP contribution in [0.15, 0.2) is 51.4 Å². The number of para-hydroxylation sites is 1. The Morgan fingerprint density at radius 2 is 2.20 bits per heavy atom. The van der Waals surface area contributed by atoms with Gasteiger partial charge in [0.25, 0.3) is 0 Å². The zero-order valence-corrected chi connectivity index (χ0v) is 16.0. The van der Waals surface area contributed by atoms with E-state index in [1.165, 1.54) is 4.70 Å². The molecule has 4 rings (SSSR count). The van der Waals surface area contributed by atoms with Crippen LogP contribution in [-0.4, -0.2) is 40.4 Å². The van der Waals surface area contributed by atoms with Gasteiger partial charge in [0.1, 0.15) is 5.76 Å². The first-order valence-electron chi connectivity index (χ1n) is 8.21. The number of rotatable bonds is 4. The summed E-state index contributed by atoms with van der Waals surface area (Å²) in [6, 6.07) is 12.0. The molecule has 1 amide bonds. The molecule has 1 atom stereocenters. The topological polar surface area (TPSA) is 46.3 Å². The highest BCUT2D eigenvalue weighted by Crippen LogP contribution is 2.35. The van der Waals surface area contributed by atoms with Crippen molar-refractivity contribution in [3.8, 4) is 0 Å². The number of benzene rings is 1. The van der Waals surface area contributed by atoms with Crippen molar-refractivity contribution in [2.75, 3.05) is 24.6 Å². The third-order valence-electron chi connectivity index (χ3n) is 4.15. The maximum absolute atomic E-state index is 12.6. The van der Waals surface area contributed by atoms with E-state index in [0.29, 0.717) is 11.0 Å². The molecule has 1 aliphatic heterocycles. The molecule has 1 aliphatic rings. The first kappa shape index (κ1) is 17.0. The zero-order valence-electron chi connectivity index (χ0n) is 13.6. The Morgan fingerprint density at radius 1 is 1.28 bits per heavy atom. The molecule has 7 heteroatoms. The van der Waals surface area contributed by atoms with E-state index in [0.717, 1.165) is 40.9 Å². The predicted octanol–water partition coefficient (Wildman–Crippen LogP) is 4.69. The number of nitrogens with zero attached hydrogens (tertiary/aromatic N) is 2. The molecule has 1 saturated heterocycles. The average Bonchev–Trinajstić information content (AvgIpc) is 3.24. The Balaban J connectivity index is 1.33. The van der Waals surface area contributed by atoms with Gasteiger partial charge in [0, 0.05) is 18.8 Å². The van der Waals surface area contributed by atoms with Crippen LogP contribution in [0.4, 0.5) is 0 Å². The van der Waals surface area contributed by atoms with E-state index in [9.17, 15) is 4.79 Å². The van der Waals surface area contributed by atoms with Crippen LogP contribution in [0.1, 0.15) is 17.4 Å². The Hall–Kier alpha value is -1.44. The molecule has 3 heterocycles. The zero-order chi connectivity index (χ0) is 17.1. The molecule has 4 nitrogen and oxygen atoms in total. The second-order valence-electron chi connectivity index (χ2n) is 5.78. The van der Waals surface area contributed by atoms with E-state index in [-0.39, 0.29) is 5.91 Å². The van der Waals surface area contributed by atoms with Gasteiger partial charge in [-0.2, -0.15) is 0 Å². The minimum Gasteiger partial charge on any atom is -0.468 e. The lowest BCUT2D eigenvalue weighted by Crippen LogP contribution is -2.34. The smallest absolute Gasteiger partial charge is 0.233 e. The van der Waals surface area contributed by atoms with Crippen molar-refractivity contribution < 1.29 is 9.21 Å².